The summed E-state index contributed by atoms with van der Waals surface area (Å²) in [5.74, 6) is 0.916. The lowest BCUT2D eigenvalue weighted by molar-refractivity contribution is 0.305. The standard InChI is InChI=1S/C17H21NO/c1-2-14-7-9-17(10-8-14)19-13-16-6-4-3-5-15(16)11-12-18/h3-10H,2,11-13,18H2,1H3. The van der Waals surface area contributed by atoms with E-state index in [-0.39, 0.29) is 0 Å². The fourth-order valence-corrected chi connectivity index (χ4v) is 2.08. The normalized spacial score (nSPS) is 10.4. The van der Waals surface area contributed by atoms with Crippen molar-refractivity contribution in [2.24, 2.45) is 5.73 Å². The van der Waals surface area contributed by atoms with Crippen LogP contribution in [0, 0.1) is 0 Å². The van der Waals surface area contributed by atoms with Gasteiger partial charge >= 0.3 is 0 Å². The van der Waals surface area contributed by atoms with Crippen LogP contribution >= 0.6 is 0 Å². The van der Waals surface area contributed by atoms with Crippen LogP contribution in [0.5, 0.6) is 5.75 Å². The zero-order chi connectivity index (χ0) is 13.5. The summed E-state index contributed by atoms with van der Waals surface area (Å²) in [6.07, 6.45) is 1.95. The van der Waals surface area contributed by atoms with Crippen molar-refractivity contribution in [3.8, 4) is 5.75 Å². The van der Waals surface area contributed by atoms with Gasteiger partial charge in [0.25, 0.3) is 0 Å². The quantitative estimate of drug-likeness (QED) is 0.859. The topological polar surface area (TPSA) is 35.2 Å². The van der Waals surface area contributed by atoms with Gasteiger partial charge in [-0.3, -0.25) is 0 Å². The Hall–Kier alpha value is -1.80. The van der Waals surface area contributed by atoms with E-state index in [9.17, 15) is 0 Å². The molecule has 2 rings (SSSR count). The zero-order valence-electron chi connectivity index (χ0n) is 11.4. The molecule has 0 spiro atoms. The van der Waals surface area contributed by atoms with E-state index >= 15 is 0 Å². The lowest BCUT2D eigenvalue weighted by Gasteiger charge is -2.10. The van der Waals surface area contributed by atoms with Crippen molar-refractivity contribution < 1.29 is 4.74 Å². The van der Waals surface area contributed by atoms with Gasteiger partial charge in [-0.15, -0.1) is 0 Å². The Morgan fingerprint density at radius 2 is 1.63 bits per heavy atom. The molecule has 2 aromatic rings. The number of rotatable bonds is 6. The largest absolute Gasteiger partial charge is 0.489 e. The van der Waals surface area contributed by atoms with Gasteiger partial charge in [0.1, 0.15) is 12.4 Å². The molecule has 0 heterocycles. The van der Waals surface area contributed by atoms with Crippen molar-refractivity contribution >= 4 is 0 Å². The van der Waals surface area contributed by atoms with Gasteiger partial charge in [-0.1, -0.05) is 43.3 Å². The molecule has 0 saturated heterocycles. The van der Waals surface area contributed by atoms with E-state index in [0.29, 0.717) is 13.2 Å². The van der Waals surface area contributed by atoms with Crippen LogP contribution in [0.2, 0.25) is 0 Å². The van der Waals surface area contributed by atoms with E-state index in [2.05, 4.69) is 31.2 Å². The van der Waals surface area contributed by atoms with Crippen LogP contribution in [0.25, 0.3) is 0 Å². The summed E-state index contributed by atoms with van der Waals surface area (Å²) in [6, 6.07) is 16.6. The first kappa shape index (κ1) is 13.6. The highest BCUT2D eigenvalue weighted by Crippen LogP contribution is 2.16. The summed E-state index contributed by atoms with van der Waals surface area (Å²) in [5.41, 5.74) is 9.45. The van der Waals surface area contributed by atoms with E-state index < -0.39 is 0 Å². The molecule has 2 N–H and O–H groups in total. The Balaban J connectivity index is 2.01. The molecule has 0 amide bonds. The number of nitrogens with two attached hydrogens (primary N) is 1. The molecule has 19 heavy (non-hydrogen) atoms. The average molecular weight is 255 g/mol. The first-order valence-corrected chi connectivity index (χ1v) is 6.82. The van der Waals surface area contributed by atoms with Gasteiger partial charge < -0.3 is 10.5 Å². The maximum absolute atomic E-state index is 5.84. The highest BCUT2D eigenvalue weighted by Gasteiger charge is 2.02. The zero-order valence-corrected chi connectivity index (χ0v) is 11.4. The van der Waals surface area contributed by atoms with Gasteiger partial charge in [0.05, 0.1) is 0 Å². The van der Waals surface area contributed by atoms with Crippen LogP contribution < -0.4 is 10.5 Å². The molecule has 0 aliphatic carbocycles. The summed E-state index contributed by atoms with van der Waals surface area (Å²) in [4.78, 5) is 0. The second-order valence-corrected chi connectivity index (χ2v) is 4.59. The molecule has 0 saturated carbocycles. The molecule has 0 radical (unpaired) electrons. The summed E-state index contributed by atoms with van der Waals surface area (Å²) in [6.45, 7) is 3.42. The van der Waals surface area contributed by atoms with E-state index in [1.807, 2.05) is 24.3 Å². The Morgan fingerprint density at radius 3 is 2.26 bits per heavy atom. The van der Waals surface area contributed by atoms with E-state index in [1.54, 1.807) is 0 Å². The lowest BCUT2D eigenvalue weighted by Crippen LogP contribution is -2.06. The number of hydrogen-bond donors (Lipinski definition) is 1. The Kier molecular flexibility index (Phi) is 4.99. The number of aryl methyl sites for hydroxylation is 1. The first-order chi connectivity index (χ1) is 9.33. The van der Waals surface area contributed by atoms with Gasteiger partial charge in [0, 0.05) is 0 Å². The maximum atomic E-state index is 5.84. The monoisotopic (exact) mass is 255 g/mol. The molecule has 2 heteroatoms. The van der Waals surface area contributed by atoms with Crippen molar-refractivity contribution in [3.63, 3.8) is 0 Å². The van der Waals surface area contributed by atoms with E-state index in [4.69, 9.17) is 10.5 Å². The fourth-order valence-electron chi connectivity index (χ4n) is 2.08. The molecule has 0 aliphatic heterocycles. The van der Waals surface area contributed by atoms with Crippen molar-refractivity contribution in [3.05, 3.63) is 65.2 Å². The molecule has 0 atom stereocenters. The van der Waals surface area contributed by atoms with Crippen molar-refractivity contribution in [1.82, 2.24) is 0 Å². The number of hydrogen-bond acceptors (Lipinski definition) is 2. The van der Waals surface area contributed by atoms with Gasteiger partial charge in [-0.25, -0.2) is 0 Å². The van der Waals surface area contributed by atoms with Crippen LogP contribution in [0.15, 0.2) is 48.5 Å². The number of benzene rings is 2. The van der Waals surface area contributed by atoms with Crippen molar-refractivity contribution in [2.45, 2.75) is 26.4 Å². The van der Waals surface area contributed by atoms with Crippen molar-refractivity contribution in [1.29, 1.82) is 0 Å². The molecule has 2 aromatic carbocycles. The predicted octanol–water partition coefficient (Wildman–Crippen LogP) is 3.33. The fraction of sp³-hybridized carbons (Fsp3) is 0.294. The highest BCUT2D eigenvalue weighted by molar-refractivity contribution is 5.30. The first-order valence-electron chi connectivity index (χ1n) is 6.82. The summed E-state index contributed by atoms with van der Waals surface area (Å²) in [7, 11) is 0. The molecule has 100 valence electrons. The minimum absolute atomic E-state index is 0.599. The van der Waals surface area contributed by atoms with Gasteiger partial charge in [-0.2, -0.15) is 0 Å². The van der Waals surface area contributed by atoms with Crippen LogP contribution in [-0.2, 0) is 19.4 Å². The molecule has 0 fully saturated rings. The molecule has 0 bridgehead atoms. The van der Waals surface area contributed by atoms with Crippen LogP contribution in [0.4, 0.5) is 0 Å². The van der Waals surface area contributed by atoms with E-state index in [0.717, 1.165) is 18.6 Å². The van der Waals surface area contributed by atoms with Crippen LogP contribution in [-0.4, -0.2) is 6.54 Å². The number of ether oxygens (including phenoxy) is 1. The second kappa shape index (κ2) is 6.95. The maximum Gasteiger partial charge on any atom is 0.119 e. The van der Waals surface area contributed by atoms with Crippen molar-refractivity contribution in [2.75, 3.05) is 6.54 Å². The Labute approximate surface area is 115 Å². The van der Waals surface area contributed by atoms with E-state index in [1.165, 1.54) is 16.7 Å². The van der Waals surface area contributed by atoms with Crippen LogP contribution in [0.1, 0.15) is 23.6 Å². The van der Waals surface area contributed by atoms with Gasteiger partial charge in [-0.05, 0) is 48.2 Å². The Bertz CT molecular complexity index is 505. The smallest absolute Gasteiger partial charge is 0.119 e. The average Bonchev–Trinajstić information content (AvgIpc) is 2.47. The lowest BCUT2D eigenvalue weighted by atomic mass is 10.1. The van der Waals surface area contributed by atoms with Gasteiger partial charge in [0.2, 0.25) is 0 Å². The molecule has 0 unspecified atom stereocenters. The third-order valence-corrected chi connectivity index (χ3v) is 3.26. The van der Waals surface area contributed by atoms with Gasteiger partial charge in [0.15, 0.2) is 0 Å². The SMILES string of the molecule is CCc1ccc(OCc2ccccc2CCN)cc1. The third kappa shape index (κ3) is 3.83. The summed E-state index contributed by atoms with van der Waals surface area (Å²) in [5, 5.41) is 0. The molecule has 0 aliphatic rings. The molecular formula is C17H21NO. The third-order valence-electron chi connectivity index (χ3n) is 3.26. The molecule has 0 aromatic heterocycles. The minimum Gasteiger partial charge on any atom is -0.489 e. The summed E-state index contributed by atoms with van der Waals surface area (Å²) < 4.78 is 5.84. The predicted molar refractivity (Wildman–Crippen MR) is 79.4 cm³/mol. The molecule has 2 nitrogen and oxygen atoms in total. The molecular weight excluding hydrogens is 234 g/mol. The van der Waals surface area contributed by atoms with Crippen LogP contribution in [0.3, 0.4) is 0 Å². The minimum atomic E-state index is 0.599. The second-order valence-electron chi connectivity index (χ2n) is 4.59. The Morgan fingerprint density at radius 1 is 0.947 bits per heavy atom. The highest BCUT2D eigenvalue weighted by atomic mass is 16.5. The summed E-state index contributed by atoms with van der Waals surface area (Å²) >= 11 is 0.